The van der Waals surface area contributed by atoms with Crippen LogP contribution in [0.15, 0.2) is 24.3 Å². The number of likely N-dealkylation sites (tertiary alicyclic amines) is 1. The predicted octanol–water partition coefficient (Wildman–Crippen LogP) is 1.46. The Bertz CT molecular complexity index is 592. The Kier molecular flexibility index (Phi) is 6.02. The minimum atomic E-state index is -0.299. The molecule has 1 aliphatic rings. The molecule has 0 aromatic heterocycles. The Hall–Kier alpha value is -2.50. The van der Waals surface area contributed by atoms with Gasteiger partial charge in [-0.25, -0.2) is 0 Å². The topological polar surface area (TPSA) is 67.9 Å². The van der Waals surface area contributed by atoms with Crippen LogP contribution in [0.3, 0.4) is 0 Å². The van der Waals surface area contributed by atoms with Crippen LogP contribution in [0, 0.1) is 0 Å². The maximum Gasteiger partial charge on any atom is 0.244 e. The highest BCUT2D eigenvalue weighted by Gasteiger charge is 2.17. The number of ether oxygens (including phenoxy) is 2. The highest BCUT2D eigenvalue weighted by Crippen LogP contribution is 2.27. The van der Waals surface area contributed by atoms with Crippen LogP contribution in [0.4, 0.5) is 0 Å². The smallest absolute Gasteiger partial charge is 0.244 e. The average molecular weight is 318 g/mol. The summed E-state index contributed by atoms with van der Waals surface area (Å²) in [7, 11) is 3.13. The van der Waals surface area contributed by atoms with Gasteiger partial charge in [-0.2, -0.15) is 0 Å². The Balaban J connectivity index is 1.86. The van der Waals surface area contributed by atoms with Gasteiger partial charge in [0.25, 0.3) is 0 Å². The van der Waals surface area contributed by atoms with Crippen molar-refractivity contribution in [1.29, 1.82) is 0 Å². The maximum atomic E-state index is 11.8. The van der Waals surface area contributed by atoms with Crippen LogP contribution in [0.2, 0.25) is 0 Å². The van der Waals surface area contributed by atoms with Crippen molar-refractivity contribution >= 4 is 17.9 Å². The number of benzene rings is 1. The molecule has 1 fully saturated rings. The zero-order valence-electron chi connectivity index (χ0n) is 13.5. The molecule has 1 N–H and O–H groups in total. The van der Waals surface area contributed by atoms with Crippen LogP contribution >= 0.6 is 0 Å². The molecule has 2 amide bonds. The van der Waals surface area contributed by atoms with Gasteiger partial charge in [-0.1, -0.05) is 6.07 Å². The molecular formula is C17H22N2O4. The van der Waals surface area contributed by atoms with Crippen LogP contribution in [-0.4, -0.2) is 50.6 Å². The molecule has 0 bridgehead atoms. The fourth-order valence-corrected chi connectivity index (χ4v) is 2.43. The molecule has 0 spiro atoms. The third kappa shape index (κ3) is 4.74. The van der Waals surface area contributed by atoms with E-state index < -0.39 is 0 Å². The summed E-state index contributed by atoms with van der Waals surface area (Å²) in [4.78, 5) is 25.4. The van der Waals surface area contributed by atoms with E-state index in [1.54, 1.807) is 37.3 Å². The Morgan fingerprint density at radius 2 is 1.87 bits per heavy atom. The molecule has 1 heterocycles. The van der Waals surface area contributed by atoms with Gasteiger partial charge in [-0.3, -0.25) is 9.59 Å². The summed E-state index contributed by atoms with van der Waals surface area (Å²) in [6.45, 7) is 1.61. The summed E-state index contributed by atoms with van der Waals surface area (Å²) in [5.41, 5.74) is 0.809. The third-order valence-electron chi connectivity index (χ3n) is 3.71. The SMILES string of the molecule is COc1ccc(/C=C/C(=O)NCC(=O)N2CCCC2)cc1OC. The lowest BCUT2D eigenvalue weighted by atomic mass is 10.2. The molecule has 0 unspecified atom stereocenters. The van der Waals surface area contributed by atoms with Crippen molar-refractivity contribution in [3.8, 4) is 11.5 Å². The second kappa shape index (κ2) is 8.22. The first-order valence-corrected chi connectivity index (χ1v) is 7.59. The fourth-order valence-electron chi connectivity index (χ4n) is 2.43. The van der Waals surface area contributed by atoms with Gasteiger partial charge in [-0.05, 0) is 36.6 Å². The number of amides is 2. The lowest BCUT2D eigenvalue weighted by molar-refractivity contribution is -0.131. The van der Waals surface area contributed by atoms with Crippen molar-refractivity contribution in [2.75, 3.05) is 33.9 Å². The summed E-state index contributed by atoms with van der Waals surface area (Å²) in [6.07, 6.45) is 5.15. The quantitative estimate of drug-likeness (QED) is 0.806. The van der Waals surface area contributed by atoms with Crippen LogP contribution in [0.5, 0.6) is 11.5 Å². The minimum absolute atomic E-state index is 0.0321. The molecule has 124 valence electrons. The van der Waals surface area contributed by atoms with Crippen LogP contribution in [0.1, 0.15) is 18.4 Å². The first kappa shape index (κ1) is 16.9. The number of methoxy groups -OCH3 is 2. The van der Waals surface area contributed by atoms with Crippen molar-refractivity contribution in [3.63, 3.8) is 0 Å². The monoisotopic (exact) mass is 318 g/mol. The highest BCUT2D eigenvalue weighted by molar-refractivity contribution is 5.94. The summed E-state index contributed by atoms with van der Waals surface area (Å²) < 4.78 is 10.4. The summed E-state index contributed by atoms with van der Waals surface area (Å²) in [5.74, 6) is 0.896. The van der Waals surface area contributed by atoms with E-state index in [1.165, 1.54) is 6.08 Å². The number of nitrogens with zero attached hydrogens (tertiary/aromatic N) is 1. The molecule has 2 rings (SSSR count). The zero-order valence-corrected chi connectivity index (χ0v) is 13.5. The van der Waals surface area contributed by atoms with Crippen molar-refractivity contribution in [3.05, 3.63) is 29.8 Å². The van der Waals surface area contributed by atoms with Crippen molar-refractivity contribution < 1.29 is 19.1 Å². The van der Waals surface area contributed by atoms with Gasteiger partial charge in [0, 0.05) is 19.2 Å². The number of hydrogen-bond acceptors (Lipinski definition) is 4. The van der Waals surface area contributed by atoms with E-state index in [-0.39, 0.29) is 18.4 Å². The fraction of sp³-hybridized carbons (Fsp3) is 0.412. The van der Waals surface area contributed by atoms with Crippen molar-refractivity contribution in [1.82, 2.24) is 10.2 Å². The normalized spacial score (nSPS) is 14.1. The van der Waals surface area contributed by atoms with Gasteiger partial charge >= 0.3 is 0 Å². The number of carbonyl (C=O) groups is 2. The van der Waals surface area contributed by atoms with E-state index in [0.717, 1.165) is 31.5 Å². The summed E-state index contributed by atoms with van der Waals surface area (Å²) in [5, 5.41) is 2.61. The van der Waals surface area contributed by atoms with Crippen LogP contribution < -0.4 is 14.8 Å². The van der Waals surface area contributed by atoms with Gasteiger partial charge in [0.05, 0.1) is 20.8 Å². The molecule has 0 atom stereocenters. The van der Waals surface area contributed by atoms with Gasteiger partial charge in [0.1, 0.15) is 0 Å². The van der Waals surface area contributed by atoms with Crippen LogP contribution in [-0.2, 0) is 9.59 Å². The summed E-state index contributed by atoms with van der Waals surface area (Å²) in [6, 6.07) is 5.37. The van der Waals surface area contributed by atoms with E-state index in [0.29, 0.717) is 11.5 Å². The molecule has 0 saturated carbocycles. The summed E-state index contributed by atoms with van der Waals surface area (Å²) >= 11 is 0. The zero-order chi connectivity index (χ0) is 16.7. The predicted molar refractivity (Wildman–Crippen MR) is 87.4 cm³/mol. The second-order valence-corrected chi connectivity index (χ2v) is 5.25. The first-order chi connectivity index (χ1) is 11.1. The minimum Gasteiger partial charge on any atom is -0.493 e. The Labute approximate surface area is 136 Å². The number of nitrogens with one attached hydrogen (secondary N) is 1. The van der Waals surface area contributed by atoms with Crippen molar-refractivity contribution in [2.24, 2.45) is 0 Å². The van der Waals surface area contributed by atoms with Gasteiger partial charge < -0.3 is 19.7 Å². The van der Waals surface area contributed by atoms with Gasteiger partial charge in [-0.15, -0.1) is 0 Å². The van der Waals surface area contributed by atoms with E-state index in [9.17, 15) is 9.59 Å². The molecule has 23 heavy (non-hydrogen) atoms. The highest BCUT2D eigenvalue weighted by atomic mass is 16.5. The Morgan fingerprint density at radius 1 is 1.17 bits per heavy atom. The molecule has 1 aliphatic heterocycles. The average Bonchev–Trinajstić information content (AvgIpc) is 3.12. The third-order valence-corrected chi connectivity index (χ3v) is 3.71. The molecular weight excluding hydrogens is 296 g/mol. The number of rotatable bonds is 6. The second-order valence-electron chi connectivity index (χ2n) is 5.25. The maximum absolute atomic E-state index is 11.8. The van der Waals surface area contributed by atoms with Crippen LogP contribution in [0.25, 0.3) is 6.08 Å². The van der Waals surface area contributed by atoms with E-state index in [4.69, 9.17) is 9.47 Å². The number of hydrogen-bond donors (Lipinski definition) is 1. The molecule has 0 aliphatic carbocycles. The molecule has 1 aromatic carbocycles. The van der Waals surface area contributed by atoms with Crippen molar-refractivity contribution in [2.45, 2.75) is 12.8 Å². The van der Waals surface area contributed by atoms with E-state index >= 15 is 0 Å². The first-order valence-electron chi connectivity index (χ1n) is 7.59. The molecule has 6 heteroatoms. The lowest BCUT2D eigenvalue weighted by Crippen LogP contribution is -2.38. The van der Waals surface area contributed by atoms with Gasteiger partial charge in [0.15, 0.2) is 11.5 Å². The molecule has 1 saturated heterocycles. The lowest BCUT2D eigenvalue weighted by Gasteiger charge is -2.14. The number of carbonyl (C=O) groups excluding carboxylic acids is 2. The van der Waals surface area contributed by atoms with E-state index in [2.05, 4.69) is 5.32 Å². The largest absolute Gasteiger partial charge is 0.493 e. The Morgan fingerprint density at radius 3 is 2.52 bits per heavy atom. The molecule has 1 aromatic rings. The standard InChI is InChI=1S/C17H22N2O4/c1-22-14-7-5-13(11-15(14)23-2)6-8-16(20)18-12-17(21)19-9-3-4-10-19/h5-8,11H,3-4,9-10,12H2,1-2H3,(H,18,20)/b8-6+. The van der Waals surface area contributed by atoms with Gasteiger partial charge in [0.2, 0.25) is 11.8 Å². The molecule has 0 radical (unpaired) electrons. The van der Waals surface area contributed by atoms with E-state index in [1.807, 2.05) is 6.07 Å². The molecule has 6 nitrogen and oxygen atoms in total.